The molecule has 0 saturated heterocycles. The van der Waals surface area contributed by atoms with E-state index in [1.54, 1.807) is 19.1 Å². The lowest BCUT2D eigenvalue weighted by Gasteiger charge is -2.35. The number of amides is 1. The van der Waals surface area contributed by atoms with Gasteiger partial charge >= 0.3 is 5.97 Å². The number of phenols is 1. The van der Waals surface area contributed by atoms with E-state index in [9.17, 15) is 19.8 Å². The average Bonchev–Trinajstić information content (AvgIpc) is 2.41. The predicted octanol–water partition coefficient (Wildman–Crippen LogP) is 0.974. The molecule has 0 aliphatic rings. The molecular formula is C15H22N2O4. The summed E-state index contributed by atoms with van der Waals surface area (Å²) in [5.41, 5.74) is 5.41. The Bertz CT molecular complexity index is 511. The topological polar surface area (TPSA) is 104 Å². The molecule has 6 heteroatoms. The highest BCUT2D eigenvalue weighted by molar-refractivity contribution is 5.89. The third-order valence-corrected chi connectivity index (χ3v) is 3.49. The van der Waals surface area contributed by atoms with Gasteiger partial charge in [0.25, 0.3) is 0 Å². The van der Waals surface area contributed by atoms with Crippen molar-refractivity contribution in [1.29, 1.82) is 0 Å². The maximum atomic E-state index is 12.4. The molecule has 0 radical (unpaired) electrons. The molecule has 1 aromatic rings. The normalized spacial score (nSPS) is 12.8. The largest absolute Gasteiger partial charge is 0.508 e. The number of nitrogens with two attached hydrogens (primary N) is 1. The zero-order valence-corrected chi connectivity index (χ0v) is 12.5. The van der Waals surface area contributed by atoms with Crippen molar-refractivity contribution in [3.8, 4) is 5.75 Å². The Morgan fingerprint density at radius 1 is 1.29 bits per heavy atom. The second-order valence-electron chi connectivity index (χ2n) is 5.42. The predicted molar refractivity (Wildman–Crippen MR) is 78.9 cm³/mol. The van der Waals surface area contributed by atoms with E-state index in [4.69, 9.17) is 5.73 Å². The van der Waals surface area contributed by atoms with Crippen LogP contribution in [0.4, 0.5) is 0 Å². The van der Waals surface area contributed by atoms with Gasteiger partial charge in [0.1, 0.15) is 11.3 Å². The highest BCUT2D eigenvalue weighted by Crippen LogP contribution is 2.17. The SMILES string of the molecule is CCN(C(=O)C(N)Cc1ccc(O)cc1)C(C)(C)C(=O)O. The zero-order valence-electron chi connectivity index (χ0n) is 12.5. The number of benzene rings is 1. The van der Waals surface area contributed by atoms with Gasteiger partial charge in [0.05, 0.1) is 6.04 Å². The number of hydrogen-bond donors (Lipinski definition) is 3. The fraction of sp³-hybridized carbons (Fsp3) is 0.467. The third-order valence-electron chi connectivity index (χ3n) is 3.49. The van der Waals surface area contributed by atoms with Crippen molar-refractivity contribution in [1.82, 2.24) is 4.90 Å². The zero-order chi connectivity index (χ0) is 16.2. The van der Waals surface area contributed by atoms with Crippen molar-refractivity contribution in [3.05, 3.63) is 29.8 Å². The molecular weight excluding hydrogens is 272 g/mol. The van der Waals surface area contributed by atoms with Crippen LogP contribution < -0.4 is 5.73 Å². The van der Waals surface area contributed by atoms with E-state index in [1.165, 1.54) is 30.9 Å². The molecule has 1 unspecified atom stereocenters. The van der Waals surface area contributed by atoms with Crippen molar-refractivity contribution >= 4 is 11.9 Å². The first kappa shape index (κ1) is 17.0. The fourth-order valence-electron chi connectivity index (χ4n) is 2.12. The number of carboxylic acid groups (broad SMARTS) is 1. The van der Waals surface area contributed by atoms with Crippen LogP contribution in [0.15, 0.2) is 24.3 Å². The number of phenolic OH excluding ortho intramolecular Hbond substituents is 1. The molecule has 0 aromatic heterocycles. The summed E-state index contributed by atoms with van der Waals surface area (Å²) in [6.07, 6.45) is 0.283. The van der Waals surface area contributed by atoms with Crippen LogP contribution in [0, 0.1) is 0 Å². The van der Waals surface area contributed by atoms with Crippen molar-refractivity contribution in [2.24, 2.45) is 5.73 Å². The Hall–Kier alpha value is -2.08. The Morgan fingerprint density at radius 3 is 2.24 bits per heavy atom. The highest BCUT2D eigenvalue weighted by Gasteiger charge is 2.38. The molecule has 4 N–H and O–H groups in total. The van der Waals surface area contributed by atoms with Crippen LogP contribution in [-0.4, -0.2) is 45.1 Å². The van der Waals surface area contributed by atoms with Crippen molar-refractivity contribution < 1.29 is 19.8 Å². The standard InChI is InChI=1S/C15H22N2O4/c1-4-17(15(2,3)14(20)21)13(19)12(16)9-10-5-7-11(18)8-6-10/h5-8,12,18H,4,9,16H2,1-3H3,(H,20,21). The van der Waals surface area contributed by atoms with Gasteiger partial charge in [0, 0.05) is 6.54 Å². The third kappa shape index (κ3) is 3.95. The lowest BCUT2D eigenvalue weighted by molar-refractivity contribution is -0.157. The van der Waals surface area contributed by atoms with Crippen LogP contribution in [0.1, 0.15) is 26.3 Å². The van der Waals surface area contributed by atoms with Gasteiger partial charge in [-0.15, -0.1) is 0 Å². The van der Waals surface area contributed by atoms with Crippen LogP contribution >= 0.6 is 0 Å². The number of carbonyl (C=O) groups excluding carboxylic acids is 1. The summed E-state index contributed by atoms with van der Waals surface area (Å²) in [5, 5.41) is 18.5. The van der Waals surface area contributed by atoms with Crippen molar-refractivity contribution in [2.45, 2.75) is 38.8 Å². The second-order valence-corrected chi connectivity index (χ2v) is 5.42. The van der Waals surface area contributed by atoms with Gasteiger partial charge in [-0.05, 0) is 44.9 Å². The monoisotopic (exact) mass is 294 g/mol. The summed E-state index contributed by atoms with van der Waals surface area (Å²) in [4.78, 5) is 24.9. The van der Waals surface area contributed by atoms with E-state index in [-0.39, 0.29) is 18.7 Å². The molecule has 0 fully saturated rings. The lowest BCUT2D eigenvalue weighted by atomic mass is 9.99. The van der Waals surface area contributed by atoms with Crippen LogP contribution in [0.2, 0.25) is 0 Å². The molecule has 1 rings (SSSR count). The van der Waals surface area contributed by atoms with Gasteiger partial charge in [0.15, 0.2) is 0 Å². The molecule has 21 heavy (non-hydrogen) atoms. The molecule has 0 saturated carbocycles. The van der Waals surface area contributed by atoms with Gasteiger partial charge in [0.2, 0.25) is 5.91 Å². The van der Waals surface area contributed by atoms with E-state index < -0.39 is 23.5 Å². The Balaban J connectivity index is 2.85. The number of aliphatic carboxylic acids is 1. The molecule has 116 valence electrons. The number of carbonyl (C=O) groups is 2. The fourth-order valence-corrected chi connectivity index (χ4v) is 2.12. The van der Waals surface area contributed by atoms with Crippen LogP contribution in [0.25, 0.3) is 0 Å². The maximum absolute atomic E-state index is 12.4. The quantitative estimate of drug-likeness (QED) is 0.725. The maximum Gasteiger partial charge on any atom is 0.329 e. The van der Waals surface area contributed by atoms with Crippen LogP contribution in [0.3, 0.4) is 0 Å². The number of aromatic hydroxyl groups is 1. The minimum Gasteiger partial charge on any atom is -0.508 e. The first-order valence-electron chi connectivity index (χ1n) is 6.78. The summed E-state index contributed by atoms with van der Waals surface area (Å²) in [5.74, 6) is -1.34. The Kier molecular flexibility index (Phi) is 5.32. The van der Waals surface area contributed by atoms with Gasteiger partial charge in [-0.1, -0.05) is 12.1 Å². The molecule has 1 atom stereocenters. The average molecular weight is 294 g/mol. The molecule has 1 amide bonds. The molecule has 6 nitrogen and oxygen atoms in total. The molecule has 0 aliphatic heterocycles. The van der Waals surface area contributed by atoms with Crippen LogP contribution in [-0.2, 0) is 16.0 Å². The van der Waals surface area contributed by atoms with E-state index in [1.807, 2.05) is 0 Å². The van der Waals surface area contributed by atoms with E-state index in [0.29, 0.717) is 0 Å². The summed E-state index contributed by atoms with van der Waals surface area (Å²) >= 11 is 0. The first-order chi connectivity index (χ1) is 9.70. The molecule has 0 heterocycles. The highest BCUT2D eigenvalue weighted by atomic mass is 16.4. The first-order valence-corrected chi connectivity index (χ1v) is 6.78. The van der Waals surface area contributed by atoms with E-state index in [0.717, 1.165) is 5.56 Å². The van der Waals surface area contributed by atoms with Crippen LogP contribution in [0.5, 0.6) is 5.75 Å². The summed E-state index contributed by atoms with van der Waals surface area (Å²) in [6, 6.07) is 5.58. The van der Waals surface area contributed by atoms with Gasteiger partial charge in [-0.3, -0.25) is 4.79 Å². The van der Waals surface area contributed by atoms with Gasteiger partial charge < -0.3 is 20.8 Å². The summed E-state index contributed by atoms with van der Waals surface area (Å²) in [6.45, 7) is 4.94. The number of likely N-dealkylation sites (N-methyl/N-ethyl adjacent to an activating group) is 1. The number of hydrogen-bond acceptors (Lipinski definition) is 4. The molecule has 1 aromatic carbocycles. The Labute approximate surface area is 124 Å². The minimum atomic E-state index is -1.31. The number of rotatable bonds is 6. The van der Waals surface area contributed by atoms with Gasteiger partial charge in [-0.2, -0.15) is 0 Å². The van der Waals surface area contributed by atoms with Gasteiger partial charge in [-0.25, -0.2) is 4.79 Å². The summed E-state index contributed by atoms with van der Waals surface area (Å²) < 4.78 is 0. The molecule has 0 spiro atoms. The second kappa shape index (κ2) is 6.58. The Morgan fingerprint density at radius 2 is 1.81 bits per heavy atom. The van der Waals surface area contributed by atoms with E-state index in [2.05, 4.69) is 0 Å². The minimum absolute atomic E-state index is 0.140. The number of nitrogens with zero attached hydrogens (tertiary/aromatic N) is 1. The number of carboxylic acids is 1. The lowest BCUT2D eigenvalue weighted by Crippen LogP contribution is -2.57. The summed E-state index contributed by atoms with van der Waals surface area (Å²) in [7, 11) is 0. The van der Waals surface area contributed by atoms with Crippen molar-refractivity contribution in [3.63, 3.8) is 0 Å². The smallest absolute Gasteiger partial charge is 0.329 e. The van der Waals surface area contributed by atoms with Crippen molar-refractivity contribution in [2.75, 3.05) is 6.54 Å². The molecule has 0 aliphatic carbocycles. The molecule has 0 bridgehead atoms. The van der Waals surface area contributed by atoms with E-state index >= 15 is 0 Å².